The SMILES string of the molecule is O=C(N[C@@H](C1CC1)C(F)(F)F)c1cn(-c2c(F)cc(F)cc2F)c2nc(N3CC(O)C3)c(F)cc2c1=O. The average molecular weight is 530 g/mol. The maximum absolute atomic E-state index is 14.9. The van der Waals surface area contributed by atoms with Gasteiger partial charge in [-0.1, -0.05) is 0 Å². The van der Waals surface area contributed by atoms with Crippen LogP contribution in [0.3, 0.4) is 0 Å². The van der Waals surface area contributed by atoms with Gasteiger partial charge in [0.15, 0.2) is 28.9 Å². The van der Waals surface area contributed by atoms with E-state index in [1.165, 1.54) is 4.90 Å². The molecule has 1 amide bonds. The fraction of sp³-hybridized carbons (Fsp3) is 0.348. The molecule has 1 atom stereocenters. The van der Waals surface area contributed by atoms with Gasteiger partial charge in [-0.2, -0.15) is 13.2 Å². The van der Waals surface area contributed by atoms with Crippen molar-refractivity contribution in [3.05, 3.63) is 63.5 Å². The first-order valence-corrected chi connectivity index (χ1v) is 11.1. The third kappa shape index (κ3) is 4.49. The number of nitrogens with one attached hydrogen (secondary N) is 1. The van der Waals surface area contributed by atoms with Crippen LogP contribution in [-0.4, -0.2) is 52.0 Å². The summed E-state index contributed by atoms with van der Waals surface area (Å²) in [4.78, 5) is 31.2. The Morgan fingerprint density at radius 1 is 1.05 bits per heavy atom. The quantitative estimate of drug-likeness (QED) is 0.495. The number of amides is 1. The van der Waals surface area contributed by atoms with Crippen molar-refractivity contribution in [2.24, 2.45) is 5.92 Å². The second kappa shape index (κ2) is 8.71. The molecule has 0 bridgehead atoms. The zero-order valence-corrected chi connectivity index (χ0v) is 18.6. The van der Waals surface area contributed by atoms with Crippen LogP contribution in [0.4, 0.5) is 36.6 Å². The minimum absolute atomic E-state index is 0.0284. The standard InChI is InChI=1S/C23H17F7N4O3/c24-10-3-14(25)17(15(26)4-10)34-8-13(22(37)31-19(9-1-2-9)23(28,29)30)18(36)12-5-16(27)21(32-20(12)34)33-6-11(35)7-33/h3-5,8-9,11,19,35H,1-2,6-7H2,(H,31,37)/t19-/m0/s1. The van der Waals surface area contributed by atoms with Gasteiger partial charge in [-0.3, -0.25) is 14.2 Å². The molecule has 2 aliphatic rings. The Balaban J connectivity index is 1.72. The smallest absolute Gasteiger partial charge is 0.389 e. The van der Waals surface area contributed by atoms with E-state index in [1.807, 2.05) is 0 Å². The summed E-state index contributed by atoms with van der Waals surface area (Å²) < 4.78 is 98.8. The van der Waals surface area contributed by atoms with E-state index in [2.05, 4.69) is 4.98 Å². The first kappa shape index (κ1) is 25.0. The Morgan fingerprint density at radius 2 is 1.68 bits per heavy atom. The Labute approximate surface area is 203 Å². The maximum atomic E-state index is 14.9. The van der Waals surface area contributed by atoms with Crippen molar-refractivity contribution >= 4 is 22.8 Å². The van der Waals surface area contributed by atoms with E-state index in [9.17, 15) is 45.4 Å². The lowest BCUT2D eigenvalue weighted by Gasteiger charge is -2.37. The molecule has 0 unspecified atom stereocenters. The molecule has 196 valence electrons. The monoisotopic (exact) mass is 530 g/mol. The van der Waals surface area contributed by atoms with Gasteiger partial charge < -0.3 is 15.3 Å². The van der Waals surface area contributed by atoms with Gasteiger partial charge in [0.25, 0.3) is 5.91 Å². The summed E-state index contributed by atoms with van der Waals surface area (Å²) in [5.41, 5.74) is -3.73. The predicted octanol–water partition coefficient (Wildman–Crippen LogP) is 3.19. The van der Waals surface area contributed by atoms with Crippen molar-refractivity contribution in [1.29, 1.82) is 0 Å². The fourth-order valence-corrected chi connectivity index (χ4v) is 4.28. The molecule has 5 rings (SSSR count). The number of halogens is 7. The highest BCUT2D eigenvalue weighted by Crippen LogP contribution is 2.40. The van der Waals surface area contributed by atoms with Crippen LogP contribution in [0.15, 0.2) is 29.2 Å². The van der Waals surface area contributed by atoms with Gasteiger partial charge in [0.1, 0.15) is 23.1 Å². The summed E-state index contributed by atoms with van der Waals surface area (Å²) in [6.07, 6.45) is -4.64. The number of benzene rings is 1. The number of alkyl halides is 3. The zero-order valence-electron chi connectivity index (χ0n) is 18.6. The first-order chi connectivity index (χ1) is 17.3. The number of nitrogens with zero attached hydrogens (tertiary/aromatic N) is 3. The number of β-amino-alcohol motifs (C(OH)–C–C–N with tert-alkyl or cyclic N) is 1. The van der Waals surface area contributed by atoms with Gasteiger partial charge in [-0.15, -0.1) is 0 Å². The number of hydrogen-bond acceptors (Lipinski definition) is 5. The van der Waals surface area contributed by atoms with E-state index in [0.29, 0.717) is 29.0 Å². The highest BCUT2D eigenvalue weighted by Gasteiger charge is 2.50. The van der Waals surface area contributed by atoms with Crippen LogP contribution in [0.1, 0.15) is 23.2 Å². The number of aromatic nitrogens is 2. The van der Waals surface area contributed by atoms with Gasteiger partial charge in [0.2, 0.25) is 5.43 Å². The number of aliphatic hydroxyl groups excluding tert-OH is 1. The summed E-state index contributed by atoms with van der Waals surface area (Å²) in [5.74, 6) is -8.09. The van der Waals surface area contributed by atoms with E-state index in [1.54, 1.807) is 5.32 Å². The zero-order chi connectivity index (χ0) is 26.8. The van der Waals surface area contributed by atoms with Crippen LogP contribution >= 0.6 is 0 Å². The molecule has 1 saturated heterocycles. The van der Waals surface area contributed by atoms with Crippen LogP contribution in [0.25, 0.3) is 16.7 Å². The summed E-state index contributed by atoms with van der Waals surface area (Å²) in [7, 11) is 0. The highest BCUT2D eigenvalue weighted by atomic mass is 19.4. The minimum Gasteiger partial charge on any atom is -0.389 e. The van der Waals surface area contributed by atoms with E-state index in [4.69, 9.17) is 0 Å². The third-order valence-electron chi connectivity index (χ3n) is 6.27. The molecular weight excluding hydrogens is 513 g/mol. The summed E-state index contributed by atoms with van der Waals surface area (Å²) in [5, 5.41) is 10.6. The topological polar surface area (TPSA) is 87.5 Å². The van der Waals surface area contributed by atoms with Crippen LogP contribution < -0.4 is 15.6 Å². The maximum Gasteiger partial charge on any atom is 0.408 e. The number of aliphatic hydroxyl groups is 1. The largest absolute Gasteiger partial charge is 0.408 e. The van der Waals surface area contributed by atoms with Gasteiger partial charge in [-0.25, -0.2) is 22.5 Å². The number of anilines is 1. The van der Waals surface area contributed by atoms with Crippen LogP contribution in [0.5, 0.6) is 0 Å². The summed E-state index contributed by atoms with van der Waals surface area (Å²) in [6, 6.07) is -1.01. The van der Waals surface area contributed by atoms with Gasteiger partial charge >= 0.3 is 6.18 Å². The molecule has 14 heteroatoms. The van der Waals surface area contributed by atoms with Gasteiger partial charge in [0.05, 0.1) is 11.5 Å². The lowest BCUT2D eigenvalue weighted by molar-refractivity contribution is -0.158. The molecule has 1 saturated carbocycles. The van der Waals surface area contributed by atoms with Crippen molar-refractivity contribution in [2.75, 3.05) is 18.0 Å². The van der Waals surface area contributed by atoms with E-state index in [0.717, 1.165) is 0 Å². The van der Waals surface area contributed by atoms with Crippen LogP contribution in [0.2, 0.25) is 0 Å². The van der Waals surface area contributed by atoms with Crippen LogP contribution in [-0.2, 0) is 0 Å². The summed E-state index contributed by atoms with van der Waals surface area (Å²) >= 11 is 0. The van der Waals surface area contributed by atoms with E-state index in [-0.39, 0.29) is 31.7 Å². The lowest BCUT2D eigenvalue weighted by atomic mass is 10.1. The second-order valence-corrected chi connectivity index (χ2v) is 9.01. The molecule has 3 aromatic rings. The van der Waals surface area contributed by atoms with Crippen molar-refractivity contribution in [1.82, 2.24) is 14.9 Å². The summed E-state index contributed by atoms with van der Waals surface area (Å²) in [6.45, 7) is -0.0567. The molecule has 7 nitrogen and oxygen atoms in total. The van der Waals surface area contributed by atoms with Crippen molar-refractivity contribution in [3.8, 4) is 5.69 Å². The first-order valence-electron chi connectivity index (χ1n) is 11.1. The molecular formula is C23H17F7N4O3. The molecule has 1 aromatic carbocycles. The average Bonchev–Trinajstić information content (AvgIpc) is 3.60. The molecule has 3 heterocycles. The molecule has 2 N–H and O–H groups in total. The van der Waals surface area contributed by atoms with Crippen LogP contribution in [0, 0.1) is 29.2 Å². The molecule has 0 radical (unpaired) electrons. The Morgan fingerprint density at radius 3 is 2.22 bits per heavy atom. The lowest BCUT2D eigenvalue weighted by Crippen LogP contribution is -2.51. The second-order valence-electron chi connectivity index (χ2n) is 9.01. The molecule has 2 fully saturated rings. The highest BCUT2D eigenvalue weighted by molar-refractivity contribution is 5.97. The fourth-order valence-electron chi connectivity index (χ4n) is 4.28. The number of carbonyl (C=O) groups excluding carboxylic acids is 1. The van der Waals surface area contributed by atoms with Crippen molar-refractivity contribution < 1.29 is 40.6 Å². The molecule has 2 aromatic heterocycles. The van der Waals surface area contributed by atoms with E-state index >= 15 is 0 Å². The number of pyridine rings is 2. The molecule has 1 aliphatic heterocycles. The molecule has 1 aliphatic carbocycles. The van der Waals surface area contributed by atoms with Crippen molar-refractivity contribution in [3.63, 3.8) is 0 Å². The normalized spacial score (nSPS) is 17.1. The predicted molar refractivity (Wildman–Crippen MR) is 115 cm³/mol. The third-order valence-corrected chi connectivity index (χ3v) is 6.27. The molecule has 37 heavy (non-hydrogen) atoms. The minimum atomic E-state index is -4.83. The molecule has 0 spiro atoms. The van der Waals surface area contributed by atoms with E-state index < -0.39 is 81.1 Å². The Hall–Kier alpha value is -3.68. The number of rotatable bonds is 5. The van der Waals surface area contributed by atoms with Gasteiger partial charge in [0, 0.05) is 31.4 Å². The number of fused-ring (bicyclic) bond motifs is 1. The Kier molecular flexibility index (Phi) is 5.89. The van der Waals surface area contributed by atoms with Crippen molar-refractivity contribution in [2.45, 2.75) is 31.2 Å². The van der Waals surface area contributed by atoms with Gasteiger partial charge in [-0.05, 0) is 24.8 Å². The Bertz CT molecular complexity index is 1460. The number of carbonyl (C=O) groups is 1. The number of hydrogen-bond donors (Lipinski definition) is 2.